The largest absolute Gasteiger partial charge is 0.456 e. The fraction of sp³-hybridized carbons (Fsp3) is 0.0339. The quantitative estimate of drug-likeness (QED) is 0.168. The highest BCUT2D eigenvalue weighted by Gasteiger charge is 2.26. The monoisotopic (exact) mass is 820 g/mol. The Balaban J connectivity index is 0.933. The summed E-state index contributed by atoms with van der Waals surface area (Å²) < 4.78 is 11.2. The first kappa shape index (κ1) is 36.3. The minimum atomic E-state index is 0.0462. The number of hydrogen-bond donors (Lipinski definition) is 0. The predicted molar refractivity (Wildman–Crippen MR) is 266 cm³/mol. The molecule has 9 aromatic carbocycles. The fourth-order valence-electron chi connectivity index (χ4n) is 10.2. The predicted octanol–water partition coefficient (Wildman–Crippen LogP) is 14.9. The average molecular weight is 821 g/mol. The Labute approximate surface area is 369 Å². The molecule has 0 radical (unpaired) electrons. The molecule has 0 fully saturated rings. The average Bonchev–Trinajstić information content (AvgIpc) is 4.02. The molecule has 1 aliphatic heterocycles. The highest BCUT2D eigenvalue weighted by atomic mass is 16.3. The summed E-state index contributed by atoms with van der Waals surface area (Å²) >= 11 is 0. The lowest BCUT2D eigenvalue weighted by Crippen LogP contribution is -2.33. The van der Waals surface area contributed by atoms with Gasteiger partial charge in [0.15, 0.2) is 0 Å². The Morgan fingerprint density at radius 2 is 0.969 bits per heavy atom. The summed E-state index contributed by atoms with van der Waals surface area (Å²) in [5.41, 5.74) is 15.4. The van der Waals surface area contributed by atoms with Gasteiger partial charge in [-0.1, -0.05) is 127 Å². The van der Waals surface area contributed by atoms with Crippen LogP contribution in [0.1, 0.15) is 22.7 Å². The molecular weight excluding hydrogens is 781 g/mol. The summed E-state index contributed by atoms with van der Waals surface area (Å²) in [7, 11) is 2.15. The van der Waals surface area contributed by atoms with Crippen LogP contribution in [0.25, 0.3) is 93.7 Å². The van der Waals surface area contributed by atoms with E-state index in [0.717, 1.165) is 72.5 Å². The Morgan fingerprint density at radius 1 is 0.406 bits per heavy atom. The van der Waals surface area contributed by atoms with Gasteiger partial charge in [0.1, 0.15) is 17.0 Å². The van der Waals surface area contributed by atoms with E-state index < -0.39 is 0 Å². The zero-order valence-electron chi connectivity index (χ0n) is 35.1. The lowest BCUT2D eigenvalue weighted by Gasteiger charge is -2.33. The molecule has 0 saturated carbocycles. The normalized spacial score (nSPS) is 14.3. The van der Waals surface area contributed by atoms with E-state index in [4.69, 9.17) is 9.41 Å². The van der Waals surface area contributed by atoms with Crippen molar-refractivity contribution in [2.45, 2.75) is 6.04 Å². The van der Waals surface area contributed by atoms with E-state index in [1.807, 2.05) is 6.07 Å². The van der Waals surface area contributed by atoms with Crippen LogP contribution in [-0.4, -0.2) is 26.9 Å². The van der Waals surface area contributed by atoms with Crippen molar-refractivity contribution in [3.8, 4) is 22.5 Å². The van der Waals surface area contributed by atoms with Crippen molar-refractivity contribution in [2.24, 2.45) is 4.99 Å². The topological polar surface area (TPSA) is 38.6 Å². The third-order valence-corrected chi connectivity index (χ3v) is 13.2. The van der Waals surface area contributed by atoms with Crippen LogP contribution in [0, 0.1) is 0 Å². The molecule has 1 aliphatic rings. The maximum atomic E-state index is 6.43. The van der Waals surface area contributed by atoms with Crippen LogP contribution in [0.2, 0.25) is 0 Å². The molecule has 1 atom stereocenters. The Bertz CT molecular complexity index is 3840. The van der Waals surface area contributed by atoms with Crippen LogP contribution < -0.4 is 0 Å². The van der Waals surface area contributed by atoms with Gasteiger partial charge in [-0.15, -0.1) is 0 Å². The lowest BCUT2D eigenvalue weighted by atomic mass is 9.99. The smallest absolute Gasteiger partial charge is 0.137 e. The molecule has 5 nitrogen and oxygen atoms in total. The van der Waals surface area contributed by atoms with Gasteiger partial charge in [0.05, 0.1) is 33.8 Å². The molecule has 4 heterocycles. The van der Waals surface area contributed by atoms with Gasteiger partial charge in [-0.2, -0.15) is 0 Å². The van der Waals surface area contributed by atoms with E-state index in [1.54, 1.807) is 0 Å². The first-order chi connectivity index (χ1) is 31.7. The second-order valence-electron chi connectivity index (χ2n) is 16.8. The first-order valence-electron chi connectivity index (χ1n) is 21.9. The fourth-order valence-corrected chi connectivity index (χ4v) is 10.2. The number of furan rings is 1. The zero-order valence-corrected chi connectivity index (χ0v) is 35.1. The number of benzene rings is 9. The summed E-state index contributed by atoms with van der Waals surface area (Å²) in [6.07, 6.45) is 2.27. The van der Waals surface area contributed by atoms with Crippen LogP contribution in [0.3, 0.4) is 0 Å². The SMILES string of the molecule is CN1C(c2ccc(-n3c4ccccc4c4cc(-c5ccc6c(c5)c5c7c(ccc5n6-c5ccccc5)oc5ccccc57)ccc43)cc2)=NC(c2ccccc2)=CC1c1ccccc1. The molecule has 0 saturated heterocycles. The summed E-state index contributed by atoms with van der Waals surface area (Å²) in [5.74, 6) is 0.944. The molecule has 0 aliphatic carbocycles. The Hall–Kier alpha value is -8.41. The van der Waals surface area contributed by atoms with Gasteiger partial charge in [-0.05, 0) is 113 Å². The molecule has 302 valence electrons. The van der Waals surface area contributed by atoms with Crippen LogP contribution in [0.4, 0.5) is 0 Å². The van der Waals surface area contributed by atoms with Gasteiger partial charge >= 0.3 is 0 Å². The highest BCUT2D eigenvalue weighted by molar-refractivity contribution is 6.27. The van der Waals surface area contributed by atoms with Gasteiger partial charge in [0.25, 0.3) is 0 Å². The second-order valence-corrected chi connectivity index (χ2v) is 16.8. The van der Waals surface area contributed by atoms with Crippen molar-refractivity contribution in [3.63, 3.8) is 0 Å². The number of likely N-dealkylation sites (N-methyl/N-ethyl adjacent to an activating group) is 1. The van der Waals surface area contributed by atoms with E-state index in [1.165, 1.54) is 43.8 Å². The van der Waals surface area contributed by atoms with E-state index in [0.29, 0.717) is 0 Å². The summed E-state index contributed by atoms with van der Waals surface area (Å²) in [6.45, 7) is 0. The minimum Gasteiger partial charge on any atom is -0.456 e. The molecule has 13 rings (SSSR count). The number of amidine groups is 1. The number of fused-ring (bicyclic) bond motifs is 10. The number of hydrogen-bond acceptors (Lipinski definition) is 3. The number of para-hydroxylation sites is 3. The molecule has 3 aromatic heterocycles. The molecule has 12 aromatic rings. The Kier molecular flexibility index (Phi) is 8.12. The standard InChI is InChI=1S/C59H40N4O/c1-61-54(39-17-7-3-8-18-39)37-49(38-15-5-2-6-16-38)60-59(61)40-25-29-44(30-26-40)62-50-23-13-11-21-45(50)47-35-41(27-31-51(47)62)42-28-32-52-48(36-42)57-53(63(52)43-19-9-4-10-20-43)33-34-56-58(57)46-22-12-14-24-55(46)64-56/h2-37,54H,1H3. The van der Waals surface area contributed by atoms with Crippen molar-refractivity contribution in [1.29, 1.82) is 0 Å². The van der Waals surface area contributed by atoms with Crippen molar-refractivity contribution in [2.75, 3.05) is 7.05 Å². The van der Waals surface area contributed by atoms with Gasteiger partial charge in [-0.25, -0.2) is 4.99 Å². The van der Waals surface area contributed by atoms with Crippen molar-refractivity contribution in [1.82, 2.24) is 14.0 Å². The molecule has 0 amide bonds. The Morgan fingerprint density at radius 3 is 1.73 bits per heavy atom. The van der Waals surface area contributed by atoms with Crippen LogP contribution >= 0.6 is 0 Å². The lowest BCUT2D eigenvalue weighted by molar-refractivity contribution is 0.435. The van der Waals surface area contributed by atoms with Crippen LogP contribution in [0.5, 0.6) is 0 Å². The van der Waals surface area contributed by atoms with Gasteiger partial charge in [0, 0.05) is 56.3 Å². The molecule has 0 bridgehead atoms. The maximum Gasteiger partial charge on any atom is 0.137 e. The molecule has 64 heavy (non-hydrogen) atoms. The first-order valence-corrected chi connectivity index (χ1v) is 21.9. The second kappa shape index (κ2) is 14.3. The van der Waals surface area contributed by atoms with Crippen molar-refractivity contribution >= 4 is 77.1 Å². The summed E-state index contributed by atoms with van der Waals surface area (Å²) in [4.78, 5) is 7.57. The zero-order chi connectivity index (χ0) is 42.3. The van der Waals surface area contributed by atoms with E-state index >= 15 is 0 Å². The molecule has 0 N–H and O–H groups in total. The van der Waals surface area contributed by atoms with E-state index in [9.17, 15) is 0 Å². The molecular formula is C59H40N4O. The molecule has 5 heteroatoms. The van der Waals surface area contributed by atoms with Crippen LogP contribution in [0.15, 0.2) is 228 Å². The van der Waals surface area contributed by atoms with E-state index in [2.05, 4.69) is 233 Å². The third-order valence-electron chi connectivity index (χ3n) is 13.2. The number of nitrogens with zero attached hydrogens (tertiary/aromatic N) is 4. The highest BCUT2D eigenvalue weighted by Crippen LogP contribution is 2.43. The van der Waals surface area contributed by atoms with Gasteiger partial charge in [0.2, 0.25) is 0 Å². The summed E-state index contributed by atoms with van der Waals surface area (Å²) in [5, 5.41) is 7.12. The van der Waals surface area contributed by atoms with Crippen molar-refractivity contribution in [3.05, 3.63) is 235 Å². The number of aromatic nitrogens is 2. The van der Waals surface area contributed by atoms with Gasteiger partial charge in [-0.3, -0.25) is 0 Å². The molecule has 0 spiro atoms. The third kappa shape index (κ3) is 5.61. The maximum absolute atomic E-state index is 6.43. The number of rotatable bonds is 6. The minimum absolute atomic E-state index is 0.0462. The van der Waals surface area contributed by atoms with Crippen LogP contribution in [-0.2, 0) is 0 Å². The molecule has 1 unspecified atom stereocenters. The summed E-state index contributed by atoms with van der Waals surface area (Å²) in [6, 6.07) is 76.1. The van der Waals surface area contributed by atoms with Gasteiger partial charge < -0.3 is 18.5 Å². The number of aliphatic imine (C=N–C) groups is 1. The van der Waals surface area contributed by atoms with E-state index in [-0.39, 0.29) is 6.04 Å². The van der Waals surface area contributed by atoms with Crippen molar-refractivity contribution < 1.29 is 4.42 Å².